The highest BCUT2D eigenvalue weighted by Gasteiger charge is 2.35. The number of carboxylic acids is 1. The standard InChI is InChI=1S/C14H12N2O6/c1-22-11(17)7-16-12(18)10(15-14(16)21)6-8-2-4-9(5-3-8)13(19)20/h2-6H,7H2,1H3,(H,15,21)(H,19,20). The molecular formula is C14H12N2O6. The summed E-state index contributed by atoms with van der Waals surface area (Å²) >= 11 is 0. The first-order chi connectivity index (χ1) is 10.4. The van der Waals surface area contributed by atoms with Gasteiger partial charge in [-0.1, -0.05) is 12.1 Å². The highest BCUT2D eigenvalue weighted by Crippen LogP contribution is 2.14. The van der Waals surface area contributed by atoms with E-state index in [9.17, 15) is 19.2 Å². The second-order valence-electron chi connectivity index (χ2n) is 4.38. The lowest BCUT2D eigenvalue weighted by Gasteiger charge is -2.08. The van der Waals surface area contributed by atoms with Gasteiger partial charge in [-0.3, -0.25) is 9.59 Å². The van der Waals surface area contributed by atoms with Gasteiger partial charge in [-0.25, -0.2) is 14.5 Å². The number of urea groups is 1. The number of nitrogens with one attached hydrogen (secondary N) is 1. The number of amides is 3. The summed E-state index contributed by atoms with van der Waals surface area (Å²) in [5, 5.41) is 11.1. The summed E-state index contributed by atoms with van der Waals surface area (Å²) < 4.78 is 4.41. The molecule has 2 rings (SSSR count). The van der Waals surface area contributed by atoms with Gasteiger partial charge in [0, 0.05) is 0 Å². The summed E-state index contributed by atoms with van der Waals surface area (Å²) in [7, 11) is 1.15. The van der Waals surface area contributed by atoms with Crippen LogP contribution >= 0.6 is 0 Å². The van der Waals surface area contributed by atoms with E-state index < -0.39 is 30.4 Å². The Morgan fingerprint density at radius 2 is 1.91 bits per heavy atom. The molecule has 0 radical (unpaired) electrons. The average molecular weight is 304 g/mol. The Morgan fingerprint density at radius 3 is 2.45 bits per heavy atom. The minimum absolute atomic E-state index is 0.00280. The number of ether oxygens (including phenoxy) is 1. The third-order valence-corrected chi connectivity index (χ3v) is 2.95. The van der Waals surface area contributed by atoms with E-state index in [-0.39, 0.29) is 11.3 Å². The molecule has 1 aromatic carbocycles. The van der Waals surface area contributed by atoms with Crippen molar-refractivity contribution in [2.45, 2.75) is 0 Å². The molecule has 0 atom stereocenters. The van der Waals surface area contributed by atoms with Crippen LogP contribution in [0.15, 0.2) is 30.0 Å². The lowest BCUT2D eigenvalue weighted by Crippen LogP contribution is -2.36. The number of carboxylic acid groups (broad SMARTS) is 1. The van der Waals surface area contributed by atoms with Crippen LogP contribution in [0.2, 0.25) is 0 Å². The van der Waals surface area contributed by atoms with Crippen molar-refractivity contribution in [1.29, 1.82) is 0 Å². The van der Waals surface area contributed by atoms with Crippen molar-refractivity contribution in [3.8, 4) is 0 Å². The lowest BCUT2D eigenvalue weighted by atomic mass is 10.1. The number of methoxy groups -OCH3 is 1. The largest absolute Gasteiger partial charge is 0.478 e. The number of carbonyl (C=O) groups excluding carboxylic acids is 3. The SMILES string of the molecule is COC(=O)CN1C(=O)NC(=Cc2ccc(C(=O)O)cc2)C1=O. The molecule has 3 amide bonds. The number of nitrogens with zero attached hydrogens (tertiary/aromatic N) is 1. The number of hydrogen-bond acceptors (Lipinski definition) is 5. The fraction of sp³-hybridized carbons (Fsp3) is 0.143. The highest BCUT2D eigenvalue weighted by atomic mass is 16.5. The zero-order valence-corrected chi connectivity index (χ0v) is 11.5. The molecule has 0 spiro atoms. The van der Waals surface area contributed by atoms with Gasteiger partial charge in [0.05, 0.1) is 12.7 Å². The van der Waals surface area contributed by atoms with E-state index in [4.69, 9.17) is 5.11 Å². The molecule has 8 heteroatoms. The average Bonchev–Trinajstić information content (AvgIpc) is 2.75. The molecule has 1 fully saturated rings. The van der Waals surface area contributed by atoms with Crippen molar-refractivity contribution in [2.75, 3.05) is 13.7 Å². The number of rotatable bonds is 4. The molecule has 1 heterocycles. The third-order valence-electron chi connectivity index (χ3n) is 2.95. The van der Waals surface area contributed by atoms with E-state index >= 15 is 0 Å². The molecule has 8 nitrogen and oxygen atoms in total. The number of esters is 1. The fourth-order valence-electron chi connectivity index (χ4n) is 1.80. The predicted octanol–water partition coefficient (Wildman–Crippen LogP) is 0.450. The molecule has 22 heavy (non-hydrogen) atoms. The van der Waals surface area contributed by atoms with E-state index in [0.29, 0.717) is 5.56 Å². The van der Waals surface area contributed by atoms with Crippen LogP contribution in [0.25, 0.3) is 6.08 Å². The van der Waals surface area contributed by atoms with Crippen LogP contribution < -0.4 is 5.32 Å². The van der Waals surface area contributed by atoms with E-state index in [1.54, 1.807) is 0 Å². The molecular weight excluding hydrogens is 292 g/mol. The van der Waals surface area contributed by atoms with Crippen molar-refractivity contribution in [3.63, 3.8) is 0 Å². The second kappa shape index (κ2) is 6.08. The minimum atomic E-state index is -1.06. The summed E-state index contributed by atoms with van der Waals surface area (Å²) in [6.07, 6.45) is 1.39. The summed E-state index contributed by atoms with van der Waals surface area (Å²) in [5.74, 6) is -2.43. The number of aromatic carboxylic acids is 1. The summed E-state index contributed by atoms with van der Waals surface area (Å²) in [4.78, 5) is 46.3. The van der Waals surface area contributed by atoms with Crippen molar-refractivity contribution in [1.82, 2.24) is 10.2 Å². The summed E-state index contributed by atoms with van der Waals surface area (Å²) in [6.45, 7) is -0.476. The van der Waals surface area contributed by atoms with Gasteiger partial charge < -0.3 is 15.2 Å². The van der Waals surface area contributed by atoms with Crippen LogP contribution in [0.4, 0.5) is 4.79 Å². The second-order valence-corrected chi connectivity index (χ2v) is 4.38. The Balaban J connectivity index is 2.19. The molecule has 1 aromatic rings. The van der Waals surface area contributed by atoms with Gasteiger partial charge in [0.25, 0.3) is 5.91 Å². The van der Waals surface area contributed by atoms with E-state index in [1.165, 1.54) is 30.3 Å². The molecule has 1 aliphatic rings. The number of imide groups is 1. The monoisotopic (exact) mass is 304 g/mol. The van der Waals surface area contributed by atoms with Gasteiger partial charge in [-0.2, -0.15) is 0 Å². The summed E-state index contributed by atoms with van der Waals surface area (Å²) in [5.41, 5.74) is 0.641. The van der Waals surface area contributed by atoms with Crippen LogP contribution in [0.5, 0.6) is 0 Å². The Bertz CT molecular complexity index is 677. The Kier molecular flexibility index (Phi) is 4.21. The van der Waals surface area contributed by atoms with Gasteiger partial charge >= 0.3 is 18.0 Å². The normalized spacial score (nSPS) is 15.9. The van der Waals surface area contributed by atoms with Gasteiger partial charge in [0.2, 0.25) is 0 Å². The molecule has 0 unspecified atom stereocenters. The molecule has 0 saturated carbocycles. The fourth-order valence-corrected chi connectivity index (χ4v) is 1.80. The van der Waals surface area contributed by atoms with Gasteiger partial charge in [0.15, 0.2) is 0 Å². The first-order valence-corrected chi connectivity index (χ1v) is 6.17. The molecule has 114 valence electrons. The van der Waals surface area contributed by atoms with Crippen molar-refractivity contribution < 1.29 is 29.0 Å². The smallest absolute Gasteiger partial charge is 0.335 e. The van der Waals surface area contributed by atoms with Crippen LogP contribution in [-0.2, 0) is 14.3 Å². The number of hydrogen-bond donors (Lipinski definition) is 2. The van der Waals surface area contributed by atoms with Gasteiger partial charge in [-0.15, -0.1) is 0 Å². The van der Waals surface area contributed by atoms with Crippen molar-refractivity contribution in [3.05, 3.63) is 41.1 Å². The topological polar surface area (TPSA) is 113 Å². The van der Waals surface area contributed by atoms with Crippen molar-refractivity contribution in [2.24, 2.45) is 0 Å². The van der Waals surface area contributed by atoms with Crippen LogP contribution in [0.3, 0.4) is 0 Å². The molecule has 0 bridgehead atoms. The first kappa shape index (κ1) is 15.2. The van der Waals surface area contributed by atoms with Crippen LogP contribution in [0.1, 0.15) is 15.9 Å². The zero-order chi connectivity index (χ0) is 16.3. The maximum absolute atomic E-state index is 12.0. The lowest BCUT2D eigenvalue weighted by molar-refractivity contribution is -0.143. The maximum Gasteiger partial charge on any atom is 0.335 e. The predicted molar refractivity (Wildman–Crippen MR) is 73.6 cm³/mol. The zero-order valence-electron chi connectivity index (χ0n) is 11.5. The van der Waals surface area contributed by atoms with Gasteiger partial charge in [0.1, 0.15) is 12.2 Å². The van der Waals surface area contributed by atoms with E-state index in [0.717, 1.165) is 12.0 Å². The molecule has 0 aliphatic carbocycles. The van der Waals surface area contributed by atoms with E-state index in [1.807, 2.05) is 0 Å². The Labute approximate surface area is 125 Å². The Hall–Kier alpha value is -3.16. The molecule has 2 N–H and O–H groups in total. The first-order valence-electron chi connectivity index (χ1n) is 6.17. The highest BCUT2D eigenvalue weighted by molar-refractivity contribution is 6.15. The Morgan fingerprint density at radius 1 is 1.27 bits per heavy atom. The maximum atomic E-state index is 12.0. The minimum Gasteiger partial charge on any atom is -0.478 e. The third kappa shape index (κ3) is 3.11. The van der Waals surface area contributed by atoms with Crippen molar-refractivity contribution >= 4 is 30.0 Å². The van der Waals surface area contributed by atoms with Gasteiger partial charge in [-0.05, 0) is 23.8 Å². The quantitative estimate of drug-likeness (QED) is 0.474. The molecule has 1 saturated heterocycles. The van der Waals surface area contributed by atoms with Crippen LogP contribution in [-0.4, -0.2) is 47.5 Å². The molecule has 0 aromatic heterocycles. The molecule has 1 aliphatic heterocycles. The van der Waals surface area contributed by atoms with E-state index in [2.05, 4.69) is 10.1 Å². The van der Waals surface area contributed by atoms with Crippen LogP contribution in [0, 0.1) is 0 Å². The number of benzene rings is 1. The number of carbonyl (C=O) groups is 4. The summed E-state index contributed by atoms with van der Waals surface area (Å²) in [6, 6.07) is 5.03.